The van der Waals surface area contributed by atoms with Gasteiger partial charge in [0.15, 0.2) is 0 Å². The SMILES string of the molecule is CC(=O)NC1CN(Cc2ccccc2)C(C(F)F)C(OCc2ccccc2)C1F. The summed E-state index contributed by atoms with van der Waals surface area (Å²) in [5.74, 6) is -0.408. The third-order valence-electron chi connectivity index (χ3n) is 5.05. The van der Waals surface area contributed by atoms with E-state index in [-0.39, 0.29) is 19.7 Å². The standard InChI is InChI=1S/C22H25F3N2O2/c1-15(28)26-18-13-27(12-16-8-4-2-5-9-16)20(22(24)25)21(19(18)23)29-14-17-10-6-3-7-11-17/h2-11,18-22H,12-14H2,1H3,(H,26,28). The molecule has 0 radical (unpaired) electrons. The first-order chi connectivity index (χ1) is 14.0. The van der Waals surface area contributed by atoms with Gasteiger partial charge >= 0.3 is 0 Å². The van der Waals surface area contributed by atoms with Crippen LogP contribution in [0, 0.1) is 0 Å². The number of hydrogen-bond acceptors (Lipinski definition) is 3. The van der Waals surface area contributed by atoms with Crippen LogP contribution in [0.2, 0.25) is 0 Å². The third-order valence-corrected chi connectivity index (χ3v) is 5.05. The Kier molecular flexibility index (Phi) is 7.28. The average molecular weight is 406 g/mol. The van der Waals surface area contributed by atoms with Crippen LogP contribution < -0.4 is 5.32 Å². The molecule has 1 aliphatic rings. The van der Waals surface area contributed by atoms with Crippen molar-refractivity contribution in [1.82, 2.24) is 10.2 Å². The maximum Gasteiger partial charge on any atom is 0.256 e. The molecule has 1 heterocycles. The van der Waals surface area contributed by atoms with Gasteiger partial charge in [-0.25, -0.2) is 13.2 Å². The first kappa shape index (κ1) is 21.3. The number of carbonyl (C=O) groups excluding carboxylic acids is 1. The molecule has 1 fully saturated rings. The number of ether oxygens (including phenoxy) is 1. The molecule has 0 aliphatic carbocycles. The molecule has 4 unspecified atom stereocenters. The molecule has 1 aliphatic heterocycles. The molecule has 0 saturated carbocycles. The molecule has 0 bridgehead atoms. The van der Waals surface area contributed by atoms with Gasteiger partial charge in [0.25, 0.3) is 6.43 Å². The fourth-order valence-electron chi connectivity index (χ4n) is 3.73. The molecule has 3 rings (SSSR count). The normalized spacial score (nSPS) is 25.1. The van der Waals surface area contributed by atoms with Crippen molar-refractivity contribution < 1.29 is 22.7 Å². The van der Waals surface area contributed by atoms with Crippen LogP contribution in [0.5, 0.6) is 0 Å². The molecule has 2 aromatic carbocycles. The molecule has 1 N–H and O–H groups in total. The Bertz CT molecular complexity index is 776. The van der Waals surface area contributed by atoms with E-state index in [0.29, 0.717) is 0 Å². The van der Waals surface area contributed by atoms with Gasteiger partial charge < -0.3 is 10.1 Å². The summed E-state index contributed by atoms with van der Waals surface area (Å²) in [6.07, 6.45) is -5.91. The van der Waals surface area contributed by atoms with Gasteiger partial charge in [-0.2, -0.15) is 0 Å². The van der Waals surface area contributed by atoms with E-state index in [1.165, 1.54) is 11.8 Å². The number of benzene rings is 2. The van der Waals surface area contributed by atoms with Gasteiger partial charge in [-0.3, -0.25) is 9.69 Å². The number of amides is 1. The molecule has 2 aromatic rings. The zero-order chi connectivity index (χ0) is 20.8. The van der Waals surface area contributed by atoms with E-state index in [4.69, 9.17) is 4.74 Å². The summed E-state index contributed by atoms with van der Waals surface area (Å²) in [5, 5.41) is 2.55. The molecule has 4 atom stereocenters. The van der Waals surface area contributed by atoms with Crippen LogP contribution in [0.3, 0.4) is 0 Å². The highest BCUT2D eigenvalue weighted by Crippen LogP contribution is 2.30. The zero-order valence-electron chi connectivity index (χ0n) is 16.2. The molecule has 4 nitrogen and oxygen atoms in total. The lowest BCUT2D eigenvalue weighted by Gasteiger charge is -2.46. The molecule has 156 valence electrons. The van der Waals surface area contributed by atoms with Gasteiger partial charge in [-0.05, 0) is 11.1 Å². The van der Waals surface area contributed by atoms with Crippen molar-refractivity contribution in [2.45, 2.75) is 50.9 Å². The zero-order valence-corrected chi connectivity index (χ0v) is 16.2. The summed E-state index contributed by atoms with van der Waals surface area (Å²) < 4.78 is 49.0. The van der Waals surface area contributed by atoms with Crippen LogP contribution in [-0.2, 0) is 22.7 Å². The summed E-state index contributed by atoms with van der Waals surface area (Å²) in [7, 11) is 0. The number of likely N-dealkylation sites (tertiary alicyclic amines) is 1. The summed E-state index contributed by atoms with van der Waals surface area (Å²) in [5.41, 5.74) is 1.60. The highest BCUT2D eigenvalue weighted by Gasteiger charge is 2.49. The van der Waals surface area contributed by atoms with Crippen molar-refractivity contribution in [3.8, 4) is 0 Å². The summed E-state index contributed by atoms with van der Waals surface area (Å²) in [6, 6.07) is 15.8. The number of nitrogens with zero attached hydrogens (tertiary/aromatic N) is 1. The van der Waals surface area contributed by atoms with Crippen LogP contribution >= 0.6 is 0 Å². The van der Waals surface area contributed by atoms with Crippen molar-refractivity contribution in [2.75, 3.05) is 6.54 Å². The van der Waals surface area contributed by atoms with E-state index in [0.717, 1.165) is 11.1 Å². The predicted molar refractivity (Wildman–Crippen MR) is 104 cm³/mol. The van der Waals surface area contributed by atoms with Crippen LogP contribution in [0.25, 0.3) is 0 Å². The fraction of sp³-hybridized carbons (Fsp3) is 0.409. The Morgan fingerprint density at radius 2 is 1.69 bits per heavy atom. The molecular formula is C22H25F3N2O2. The fourth-order valence-corrected chi connectivity index (χ4v) is 3.73. The van der Waals surface area contributed by atoms with Gasteiger partial charge in [0.2, 0.25) is 5.91 Å². The van der Waals surface area contributed by atoms with Crippen LogP contribution in [0.1, 0.15) is 18.1 Å². The first-order valence-electron chi connectivity index (χ1n) is 9.58. The van der Waals surface area contributed by atoms with Crippen molar-refractivity contribution in [2.24, 2.45) is 0 Å². The first-order valence-corrected chi connectivity index (χ1v) is 9.58. The number of rotatable bonds is 7. The largest absolute Gasteiger partial charge is 0.369 e. The predicted octanol–water partition coefficient (Wildman–Crippen LogP) is 3.56. The second-order valence-electron chi connectivity index (χ2n) is 7.25. The van der Waals surface area contributed by atoms with Crippen molar-refractivity contribution in [1.29, 1.82) is 0 Å². The molecule has 0 aromatic heterocycles. The van der Waals surface area contributed by atoms with Gasteiger partial charge in [0.05, 0.1) is 12.6 Å². The summed E-state index contributed by atoms with van der Waals surface area (Å²) in [4.78, 5) is 13.0. The van der Waals surface area contributed by atoms with E-state index < -0.39 is 36.7 Å². The number of nitrogens with one attached hydrogen (secondary N) is 1. The minimum absolute atomic E-state index is 0.0150. The van der Waals surface area contributed by atoms with E-state index in [1.807, 2.05) is 36.4 Å². The van der Waals surface area contributed by atoms with Crippen LogP contribution in [0.4, 0.5) is 13.2 Å². The van der Waals surface area contributed by atoms with Crippen LogP contribution in [-0.4, -0.2) is 48.1 Å². The minimum atomic E-state index is -2.80. The number of alkyl halides is 3. The lowest BCUT2D eigenvalue weighted by Crippen LogP contribution is -2.66. The van der Waals surface area contributed by atoms with Crippen molar-refractivity contribution in [3.05, 3.63) is 71.8 Å². The topological polar surface area (TPSA) is 41.6 Å². The van der Waals surface area contributed by atoms with E-state index in [9.17, 15) is 13.6 Å². The highest BCUT2D eigenvalue weighted by molar-refractivity contribution is 5.73. The number of carbonyl (C=O) groups is 1. The molecule has 0 spiro atoms. The third kappa shape index (κ3) is 5.58. The molecule has 1 amide bonds. The Hall–Kier alpha value is -2.38. The Balaban J connectivity index is 1.84. The smallest absolute Gasteiger partial charge is 0.256 e. The van der Waals surface area contributed by atoms with Gasteiger partial charge in [-0.1, -0.05) is 60.7 Å². The average Bonchev–Trinajstić information content (AvgIpc) is 2.70. The second-order valence-corrected chi connectivity index (χ2v) is 7.25. The van der Waals surface area contributed by atoms with Crippen molar-refractivity contribution >= 4 is 5.91 Å². The maximum absolute atomic E-state index is 15.2. The second kappa shape index (κ2) is 9.89. The monoisotopic (exact) mass is 406 g/mol. The number of piperidine rings is 1. The Morgan fingerprint density at radius 1 is 1.10 bits per heavy atom. The number of halogens is 3. The lowest BCUT2D eigenvalue weighted by molar-refractivity contribution is -0.149. The van der Waals surface area contributed by atoms with E-state index in [2.05, 4.69) is 5.32 Å². The van der Waals surface area contributed by atoms with Gasteiger partial charge in [0, 0.05) is 20.0 Å². The van der Waals surface area contributed by atoms with Crippen molar-refractivity contribution in [3.63, 3.8) is 0 Å². The molecule has 29 heavy (non-hydrogen) atoms. The molecule has 7 heteroatoms. The summed E-state index contributed by atoms with van der Waals surface area (Å²) in [6.45, 7) is 1.49. The van der Waals surface area contributed by atoms with Gasteiger partial charge in [-0.15, -0.1) is 0 Å². The van der Waals surface area contributed by atoms with E-state index >= 15 is 4.39 Å². The maximum atomic E-state index is 15.2. The highest BCUT2D eigenvalue weighted by atomic mass is 19.3. The molecule has 1 saturated heterocycles. The Labute approximate surface area is 168 Å². The minimum Gasteiger partial charge on any atom is -0.369 e. The quantitative estimate of drug-likeness (QED) is 0.765. The Morgan fingerprint density at radius 3 is 2.24 bits per heavy atom. The lowest BCUT2D eigenvalue weighted by atomic mass is 9.92. The van der Waals surface area contributed by atoms with Crippen LogP contribution in [0.15, 0.2) is 60.7 Å². The number of hydrogen-bond donors (Lipinski definition) is 1. The van der Waals surface area contributed by atoms with E-state index in [1.54, 1.807) is 24.3 Å². The van der Waals surface area contributed by atoms with Gasteiger partial charge in [0.1, 0.15) is 18.3 Å². The molecular weight excluding hydrogens is 381 g/mol. The summed E-state index contributed by atoms with van der Waals surface area (Å²) >= 11 is 0.